The number of carbonyl (C=O) groups excluding carboxylic acids is 1. The van der Waals surface area contributed by atoms with Gasteiger partial charge < -0.3 is 9.88 Å². The highest BCUT2D eigenvalue weighted by molar-refractivity contribution is 5.96. The standard InChI is InChI=1S/C22H18F3N5O3/c1-28-18-17(20(32)29(2)21(28)33)30(12-26-18)16(13-7-4-3-5-8-13)19(31)27-15-10-6-9-14(11-15)22(23,24)25/h3-12,16H,1-2H3,(H,27,31). The molecule has 11 heteroatoms. The summed E-state index contributed by atoms with van der Waals surface area (Å²) in [5, 5.41) is 2.50. The number of nitrogens with one attached hydrogen (secondary N) is 1. The van der Waals surface area contributed by atoms with Crippen LogP contribution in [0.1, 0.15) is 17.2 Å². The van der Waals surface area contributed by atoms with Gasteiger partial charge in [-0.15, -0.1) is 0 Å². The molecule has 33 heavy (non-hydrogen) atoms. The monoisotopic (exact) mass is 457 g/mol. The first-order valence-corrected chi connectivity index (χ1v) is 9.75. The summed E-state index contributed by atoms with van der Waals surface area (Å²) in [6.07, 6.45) is -3.31. The van der Waals surface area contributed by atoms with Crippen molar-refractivity contribution in [1.29, 1.82) is 0 Å². The molecular formula is C22H18F3N5O3. The van der Waals surface area contributed by atoms with Crippen LogP contribution in [-0.4, -0.2) is 24.6 Å². The summed E-state index contributed by atoms with van der Waals surface area (Å²) in [4.78, 5) is 42.6. The molecule has 0 saturated heterocycles. The molecule has 8 nitrogen and oxygen atoms in total. The number of halogens is 3. The van der Waals surface area contributed by atoms with Gasteiger partial charge in [-0.25, -0.2) is 9.78 Å². The van der Waals surface area contributed by atoms with E-state index in [-0.39, 0.29) is 16.9 Å². The summed E-state index contributed by atoms with van der Waals surface area (Å²) in [5.74, 6) is -0.685. The van der Waals surface area contributed by atoms with Gasteiger partial charge >= 0.3 is 11.9 Å². The second kappa shape index (κ2) is 8.08. The molecule has 0 radical (unpaired) electrons. The largest absolute Gasteiger partial charge is 0.416 e. The van der Waals surface area contributed by atoms with Gasteiger partial charge in [0.1, 0.15) is 6.04 Å². The van der Waals surface area contributed by atoms with Crippen molar-refractivity contribution in [3.63, 3.8) is 0 Å². The van der Waals surface area contributed by atoms with E-state index in [0.29, 0.717) is 5.56 Å². The Bertz CT molecular complexity index is 1470. The van der Waals surface area contributed by atoms with Crippen molar-refractivity contribution in [2.24, 2.45) is 14.1 Å². The van der Waals surface area contributed by atoms with Gasteiger partial charge in [-0.05, 0) is 23.8 Å². The molecule has 4 rings (SSSR count). The number of carbonyl (C=O) groups is 1. The highest BCUT2D eigenvalue weighted by atomic mass is 19.4. The summed E-state index contributed by atoms with van der Waals surface area (Å²) >= 11 is 0. The lowest BCUT2D eigenvalue weighted by Gasteiger charge is -2.20. The van der Waals surface area contributed by atoms with Crippen molar-refractivity contribution in [2.75, 3.05) is 5.32 Å². The first kappa shape index (κ1) is 22.1. The second-order valence-electron chi connectivity index (χ2n) is 7.41. The van der Waals surface area contributed by atoms with Crippen LogP contribution < -0.4 is 16.6 Å². The van der Waals surface area contributed by atoms with Crippen LogP contribution in [0.2, 0.25) is 0 Å². The van der Waals surface area contributed by atoms with Crippen molar-refractivity contribution in [3.05, 3.63) is 92.9 Å². The molecule has 0 aliphatic rings. The third-order valence-electron chi connectivity index (χ3n) is 5.27. The number of amides is 1. The fraction of sp³-hybridized carbons (Fsp3) is 0.182. The lowest BCUT2D eigenvalue weighted by atomic mass is 10.1. The zero-order valence-corrected chi connectivity index (χ0v) is 17.5. The Morgan fingerprint density at radius 3 is 2.36 bits per heavy atom. The van der Waals surface area contributed by atoms with E-state index >= 15 is 0 Å². The molecule has 0 fully saturated rings. The molecule has 2 heterocycles. The minimum Gasteiger partial charge on any atom is -0.324 e. The van der Waals surface area contributed by atoms with Crippen molar-refractivity contribution >= 4 is 22.8 Å². The van der Waals surface area contributed by atoms with Crippen LogP contribution in [0.5, 0.6) is 0 Å². The number of hydrogen-bond donors (Lipinski definition) is 1. The number of nitrogens with zero attached hydrogens (tertiary/aromatic N) is 4. The Morgan fingerprint density at radius 1 is 1.00 bits per heavy atom. The molecule has 0 spiro atoms. The van der Waals surface area contributed by atoms with E-state index < -0.39 is 34.9 Å². The zero-order valence-electron chi connectivity index (χ0n) is 17.5. The van der Waals surface area contributed by atoms with Crippen molar-refractivity contribution in [3.8, 4) is 0 Å². The summed E-state index contributed by atoms with van der Waals surface area (Å²) in [5.41, 5.74) is -1.64. The molecule has 0 bridgehead atoms. The van der Waals surface area contributed by atoms with Gasteiger partial charge in [0.05, 0.1) is 11.9 Å². The maximum atomic E-state index is 13.3. The van der Waals surface area contributed by atoms with Crippen LogP contribution >= 0.6 is 0 Å². The normalized spacial score (nSPS) is 12.6. The molecule has 4 aromatic rings. The van der Waals surface area contributed by atoms with Crippen LogP contribution in [0.25, 0.3) is 11.2 Å². The number of rotatable bonds is 4. The smallest absolute Gasteiger partial charge is 0.324 e. The van der Waals surface area contributed by atoms with E-state index in [2.05, 4.69) is 10.3 Å². The third kappa shape index (κ3) is 3.93. The molecule has 0 saturated carbocycles. The Labute approximate surface area is 184 Å². The van der Waals surface area contributed by atoms with Crippen LogP contribution in [0, 0.1) is 0 Å². The predicted molar refractivity (Wildman–Crippen MR) is 115 cm³/mol. The molecule has 0 aliphatic heterocycles. The molecule has 2 aromatic carbocycles. The third-order valence-corrected chi connectivity index (χ3v) is 5.27. The van der Waals surface area contributed by atoms with Crippen LogP contribution in [0.3, 0.4) is 0 Å². The van der Waals surface area contributed by atoms with E-state index in [1.807, 2.05) is 0 Å². The number of aryl methyl sites for hydroxylation is 1. The summed E-state index contributed by atoms with van der Waals surface area (Å²) in [6.45, 7) is 0. The molecule has 2 aromatic heterocycles. The van der Waals surface area contributed by atoms with Crippen LogP contribution in [-0.2, 0) is 25.1 Å². The Morgan fingerprint density at radius 2 is 1.70 bits per heavy atom. The van der Waals surface area contributed by atoms with Gasteiger partial charge in [0.2, 0.25) is 0 Å². The number of aromatic nitrogens is 4. The van der Waals surface area contributed by atoms with Crippen molar-refractivity contribution < 1.29 is 18.0 Å². The summed E-state index contributed by atoms with van der Waals surface area (Å²) in [7, 11) is 2.75. The van der Waals surface area contributed by atoms with E-state index in [1.54, 1.807) is 30.3 Å². The minimum atomic E-state index is -4.57. The maximum Gasteiger partial charge on any atom is 0.416 e. The fourth-order valence-electron chi connectivity index (χ4n) is 3.62. The lowest BCUT2D eigenvalue weighted by molar-refractivity contribution is -0.137. The Balaban J connectivity index is 1.86. The molecule has 1 atom stereocenters. The van der Waals surface area contributed by atoms with Crippen molar-refractivity contribution in [2.45, 2.75) is 12.2 Å². The highest BCUT2D eigenvalue weighted by Gasteiger charge is 2.31. The quantitative estimate of drug-likeness (QED) is 0.510. The van der Waals surface area contributed by atoms with Gasteiger partial charge in [-0.1, -0.05) is 36.4 Å². The molecule has 170 valence electrons. The summed E-state index contributed by atoms with van der Waals surface area (Å²) in [6, 6.07) is 11.5. The van der Waals surface area contributed by atoms with E-state index in [4.69, 9.17) is 0 Å². The van der Waals surface area contributed by atoms with E-state index in [0.717, 1.165) is 16.7 Å². The first-order chi connectivity index (χ1) is 15.6. The van der Waals surface area contributed by atoms with Crippen molar-refractivity contribution in [1.82, 2.24) is 18.7 Å². The number of imidazole rings is 1. The molecule has 1 N–H and O–H groups in total. The Kier molecular flexibility index (Phi) is 5.40. The van der Waals surface area contributed by atoms with Gasteiger partial charge in [0, 0.05) is 19.8 Å². The van der Waals surface area contributed by atoms with Gasteiger partial charge in [0.25, 0.3) is 11.5 Å². The van der Waals surface area contributed by atoms with Gasteiger partial charge in [-0.2, -0.15) is 13.2 Å². The zero-order chi connectivity index (χ0) is 23.9. The molecule has 0 aliphatic carbocycles. The fourth-order valence-corrected chi connectivity index (χ4v) is 3.62. The first-order valence-electron chi connectivity index (χ1n) is 9.75. The average molecular weight is 457 g/mol. The number of hydrogen-bond acceptors (Lipinski definition) is 4. The molecular weight excluding hydrogens is 439 g/mol. The lowest BCUT2D eigenvalue weighted by Crippen LogP contribution is -2.38. The van der Waals surface area contributed by atoms with Gasteiger partial charge in [-0.3, -0.25) is 18.7 Å². The Hall–Kier alpha value is -4.15. The number of fused-ring (bicyclic) bond motifs is 1. The van der Waals surface area contributed by atoms with Crippen LogP contribution in [0.15, 0.2) is 70.5 Å². The molecule has 1 unspecified atom stereocenters. The van der Waals surface area contributed by atoms with Gasteiger partial charge in [0.15, 0.2) is 11.2 Å². The second-order valence-corrected chi connectivity index (χ2v) is 7.41. The molecule has 1 amide bonds. The predicted octanol–water partition coefficient (Wildman–Crippen LogP) is 2.68. The maximum absolute atomic E-state index is 13.3. The topological polar surface area (TPSA) is 90.9 Å². The van der Waals surface area contributed by atoms with Crippen LogP contribution in [0.4, 0.5) is 18.9 Å². The number of benzene rings is 2. The SMILES string of the molecule is Cn1c(=O)c2c(ncn2C(C(=O)Nc2cccc(C(F)(F)F)c2)c2ccccc2)n(C)c1=O. The number of anilines is 1. The number of alkyl halides is 3. The average Bonchev–Trinajstić information content (AvgIpc) is 3.21. The van der Waals surface area contributed by atoms with E-state index in [1.165, 1.54) is 41.7 Å². The highest BCUT2D eigenvalue weighted by Crippen LogP contribution is 2.31. The minimum absolute atomic E-state index is 0.00708. The van der Waals surface area contributed by atoms with E-state index in [9.17, 15) is 27.6 Å². The summed E-state index contributed by atoms with van der Waals surface area (Å²) < 4.78 is 42.7.